The van der Waals surface area contributed by atoms with Gasteiger partial charge in [-0.05, 0) is 72.3 Å². The van der Waals surface area contributed by atoms with E-state index in [0.29, 0.717) is 33.9 Å². The molecular weight excluding hydrogens is 1090 g/mol. The molecule has 406 valence electrons. The molecule has 0 atom stereocenters. The van der Waals surface area contributed by atoms with E-state index < -0.39 is 0 Å². The number of fused-ring (bicyclic) bond motifs is 19. The molecule has 0 N–H and O–H groups in total. The Morgan fingerprint density at radius 2 is 0.580 bits per heavy atom. The van der Waals surface area contributed by atoms with Gasteiger partial charge in [-0.15, -0.1) is 11.3 Å². The Balaban J connectivity index is 1.07. The summed E-state index contributed by atoms with van der Waals surface area (Å²) in [4.78, 5) is 0. The molecule has 0 aliphatic heterocycles. The molecular formula is C80H45N7S. The lowest BCUT2D eigenvalue weighted by Gasteiger charge is -2.27. The van der Waals surface area contributed by atoms with Gasteiger partial charge in [-0.2, -0.15) is 10.5 Å². The first-order chi connectivity index (χ1) is 43.7. The van der Waals surface area contributed by atoms with Gasteiger partial charge in [0.1, 0.15) is 23.3 Å². The van der Waals surface area contributed by atoms with Crippen LogP contribution in [-0.4, -0.2) is 22.8 Å². The van der Waals surface area contributed by atoms with Gasteiger partial charge in [-0.3, -0.25) is 0 Å². The maximum absolute atomic E-state index is 13.1. The van der Waals surface area contributed by atoms with Crippen molar-refractivity contribution >= 4 is 141 Å². The van der Waals surface area contributed by atoms with Gasteiger partial charge in [0.2, 0.25) is 0 Å². The van der Waals surface area contributed by atoms with E-state index in [1.54, 1.807) is 11.3 Å². The third kappa shape index (κ3) is 6.42. The summed E-state index contributed by atoms with van der Waals surface area (Å²) in [5, 5.41) is 39.1. The van der Waals surface area contributed by atoms with Crippen LogP contribution in [-0.2, 0) is 0 Å². The number of benzene rings is 13. The van der Waals surface area contributed by atoms with Crippen LogP contribution in [0.4, 0.5) is 0 Å². The maximum atomic E-state index is 13.1. The van der Waals surface area contributed by atoms with E-state index in [4.69, 9.17) is 0 Å². The summed E-state index contributed by atoms with van der Waals surface area (Å²) < 4.78 is 13.9. The van der Waals surface area contributed by atoms with Crippen LogP contribution in [0, 0.1) is 22.7 Å². The normalized spacial score (nSPS) is 12.1. The predicted molar refractivity (Wildman–Crippen MR) is 366 cm³/mol. The van der Waals surface area contributed by atoms with Crippen LogP contribution >= 0.6 is 11.3 Å². The predicted octanol–water partition coefficient (Wildman–Crippen LogP) is 21.0. The highest BCUT2D eigenvalue weighted by Crippen LogP contribution is 2.51. The molecule has 0 amide bonds. The number of para-hydroxylation sites is 9. The van der Waals surface area contributed by atoms with Crippen LogP contribution in [0.15, 0.2) is 273 Å². The third-order valence-electron chi connectivity index (χ3n) is 18.6. The molecule has 0 unspecified atom stereocenters. The van der Waals surface area contributed by atoms with E-state index in [9.17, 15) is 10.5 Å². The van der Waals surface area contributed by atoms with Crippen molar-refractivity contribution in [2.75, 3.05) is 0 Å². The number of nitriles is 2. The molecule has 0 bridgehead atoms. The minimum Gasteiger partial charge on any atom is -0.309 e. The monoisotopic (exact) mass is 1140 g/mol. The molecule has 19 aromatic rings. The fourth-order valence-corrected chi connectivity index (χ4v) is 16.3. The molecule has 6 aromatic heterocycles. The van der Waals surface area contributed by atoms with E-state index >= 15 is 0 Å². The first kappa shape index (κ1) is 48.4. The first-order valence-electron chi connectivity index (χ1n) is 29.6. The lowest BCUT2D eigenvalue weighted by molar-refractivity contribution is 1.03. The quantitative estimate of drug-likeness (QED) is 0.166. The average Bonchev–Trinajstić information content (AvgIpc) is 1.87. The summed E-state index contributed by atoms with van der Waals surface area (Å²) in [6.45, 7) is 0. The van der Waals surface area contributed by atoms with Crippen molar-refractivity contribution in [1.29, 1.82) is 10.5 Å². The van der Waals surface area contributed by atoms with Crippen molar-refractivity contribution in [2.24, 2.45) is 0 Å². The van der Waals surface area contributed by atoms with Crippen molar-refractivity contribution in [2.45, 2.75) is 0 Å². The van der Waals surface area contributed by atoms with Gasteiger partial charge >= 0.3 is 0 Å². The fourth-order valence-electron chi connectivity index (χ4n) is 15.0. The molecule has 6 heterocycles. The minimum absolute atomic E-state index is 0.409. The third-order valence-corrected chi connectivity index (χ3v) is 19.8. The fraction of sp³-hybridized carbons (Fsp3) is 0. The van der Waals surface area contributed by atoms with Crippen molar-refractivity contribution in [1.82, 2.24) is 22.8 Å². The molecule has 0 spiro atoms. The summed E-state index contributed by atoms with van der Waals surface area (Å²) >= 11 is 1.77. The zero-order valence-corrected chi connectivity index (χ0v) is 47.8. The highest BCUT2D eigenvalue weighted by atomic mass is 32.1. The summed E-state index contributed by atoms with van der Waals surface area (Å²) in [6.07, 6.45) is 0. The second kappa shape index (κ2) is 18.3. The Bertz CT molecular complexity index is 6140. The lowest BCUT2D eigenvalue weighted by atomic mass is 9.98. The van der Waals surface area contributed by atoms with Crippen molar-refractivity contribution in [3.63, 3.8) is 0 Å². The molecule has 7 nitrogen and oxygen atoms in total. The van der Waals surface area contributed by atoms with E-state index in [1.165, 1.54) is 10.8 Å². The van der Waals surface area contributed by atoms with E-state index in [-0.39, 0.29) is 0 Å². The Kier molecular flexibility index (Phi) is 10.1. The molecule has 0 fully saturated rings. The second-order valence-corrected chi connectivity index (χ2v) is 23.9. The Morgan fingerprint density at radius 1 is 0.261 bits per heavy atom. The van der Waals surface area contributed by atoms with Gasteiger partial charge in [0.15, 0.2) is 0 Å². The standard InChI is InChI=1S/C80H45N7S/c81-46-62-75(84-67-34-14-4-24-52(67)53-25-5-15-35-68(53)84)76(85-69-36-16-6-26-54(69)55-27-7-17-37-70(55)85)63(47-82)78(77(62)86-71-38-18-8-28-56(71)57-29-9-19-39-72(57)86)87-73-45-48(41-42-58(73)60-43-44-61-59-30-10-20-40-74(59)88-80(61)79(60)87)49-21-1-11-31-64(49)83-65-32-12-2-22-50(65)51-23-3-13-33-66(51)83/h1-45H. The van der Waals surface area contributed by atoms with Crippen molar-refractivity contribution in [3.8, 4) is 51.7 Å². The first-order valence-corrected chi connectivity index (χ1v) is 30.4. The van der Waals surface area contributed by atoms with Crippen LogP contribution in [0.25, 0.3) is 169 Å². The molecule has 0 radical (unpaired) electrons. The van der Waals surface area contributed by atoms with Crippen molar-refractivity contribution < 1.29 is 0 Å². The molecule has 0 aliphatic rings. The maximum Gasteiger partial charge on any atom is 0.104 e. The highest BCUT2D eigenvalue weighted by Gasteiger charge is 2.35. The number of hydrogen-bond acceptors (Lipinski definition) is 3. The molecule has 13 aromatic carbocycles. The van der Waals surface area contributed by atoms with Gasteiger partial charge in [-0.25, -0.2) is 0 Å². The van der Waals surface area contributed by atoms with Crippen LogP contribution in [0.1, 0.15) is 11.1 Å². The van der Waals surface area contributed by atoms with Crippen LogP contribution in [0.5, 0.6) is 0 Å². The molecule has 0 aliphatic carbocycles. The van der Waals surface area contributed by atoms with Crippen LogP contribution in [0.2, 0.25) is 0 Å². The topological polar surface area (TPSA) is 72.2 Å². The zero-order valence-electron chi connectivity index (χ0n) is 47.0. The van der Waals surface area contributed by atoms with E-state index in [2.05, 4.69) is 308 Å². The van der Waals surface area contributed by atoms with Crippen LogP contribution < -0.4 is 0 Å². The largest absolute Gasteiger partial charge is 0.309 e. The van der Waals surface area contributed by atoms with Gasteiger partial charge in [0.25, 0.3) is 0 Å². The summed E-state index contributed by atoms with van der Waals surface area (Å²) in [7, 11) is 0. The van der Waals surface area contributed by atoms with Gasteiger partial charge in [0.05, 0.1) is 88.3 Å². The average molecular weight is 1140 g/mol. The SMILES string of the molecule is N#Cc1c(-n2c3ccccc3c3ccccc32)c(-n2c3ccccc3c3ccccc32)c(C#N)c(-n2c3cc(-c4ccccc4-n4c5ccccc5c5ccccc54)ccc3c3ccc4c5ccccc5sc4c32)c1-n1c2ccccc2c2ccccc21. The molecule has 88 heavy (non-hydrogen) atoms. The number of aromatic nitrogens is 5. The van der Waals surface area contributed by atoms with Crippen molar-refractivity contribution in [3.05, 3.63) is 284 Å². The summed E-state index contributed by atoms with van der Waals surface area (Å²) in [5.41, 5.74) is 15.9. The summed E-state index contributed by atoms with van der Waals surface area (Å²) in [6, 6.07) is 103. The van der Waals surface area contributed by atoms with Gasteiger partial charge in [-0.1, -0.05) is 206 Å². The number of nitrogens with zero attached hydrogens (tertiary/aromatic N) is 7. The van der Waals surface area contributed by atoms with Gasteiger partial charge < -0.3 is 22.8 Å². The molecule has 0 saturated heterocycles. The summed E-state index contributed by atoms with van der Waals surface area (Å²) in [5.74, 6) is 0. The van der Waals surface area contributed by atoms with E-state index in [0.717, 1.165) is 135 Å². The smallest absolute Gasteiger partial charge is 0.104 e. The Morgan fingerprint density at radius 3 is 1.00 bits per heavy atom. The second-order valence-electron chi connectivity index (χ2n) is 22.9. The minimum atomic E-state index is 0.409. The Hall–Kier alpha value is -11.9. The number of rotatable bonds is 6. The molecule has 0 saturated carbocycles. The number of hydrogen-bond donors (Lipinski definition) is 0. The Labute approximate surface area is 506 Å². The molecule has 8 heteroatoms. The molecule has 19 rings (SSSR count). The van der Waals surface area contributed by atoms with Crippen LogP contribution in [0.3, 0.4) is 0 Å². The number of thiophene rings is 1. The zero-order chi connectivity index (χ0) is 57.9. The lowest BCUT2D eigenvalue weighted by Crippen LogP contribution is -2.16. The highest BCUT2D eigenvalue weighted by molar-refractivity contribution is 7.26. The van der Waals surface area contributed by atoms with Gasteiger partial charge in [0, 0.05) is 74.9 Å². The van der Waals surface area contributed by atoms with E-state index in [1.807, 2.05) is 0 Å².